The highest BCUT2D eigenvalue weighted by Crippen LogP contribution is 2.12. The number of carbonyl (C=O) groups is 1. The minimum atomic E-state index is -0.735. The van der Waals surface area contributed by atoms with Crippen LogP contribution in [0.15, 0.2) is 12.4 Å². The third kappa shape index (κ3) is 4.24. The van der Waals surface area contributed by atoms with Crippen molar-refractivity contribution in [3.05, 3.63) is 16.0 Å². The average Bonchev–Trinajstić information content (AvgIpc) is 2.72. The molecule has 0 aromatic carbocycles. The maximum atomic E-state index is 12.1. The van der Waals surface area contributed by atoms with E-state index < -0.39 is 5.54 Å². The number of rotatable bonds is 7. The van der Waals surface area contributed by atoms with Crippen LogP contribution in [0.1, 0.15) is 27.2 Å². The molecule has 0 saturated carbocycles. The molecule has 0 aliphatic rings. The Morgan fingerprint density at radius 3 is 2.83 bits per heavy atom. The van der Waals surface area contributed by atoms with Gasteiger partial charge in [0, 0.05) is 6.20 Å². The van der Waals surface area contributed by atoms with Gasteiger partial charge in [-0.1, -0.05) is 6.92 Å². The number of esters is 1. The van der Waals surface area contributed by atoms with Gasteiger partial charge in [0.15, 0.2) is 0 Å². The standard InChI is InChI=1S/C12H20IN3O2/c1-4-6-14-12(3,11(17)18-5-2)9-16-8-10(13)7-15-16/h7-8,14H,4-6,9H2,1-3H3. The second kappa shape index (κ2) is 7.08. The number of hydrogen-bond acceptors (Lipinski definition) is 4. The van der Waals surface area contributed by atoms with Gasteiger partial charge in [0.2, 0.25) is 0 Å². The van der Waals surface area contributed by atoms with E-state index in [1.807, 2.05) is 20.0 Å². The van der Waals surface area contributed by atoms with Gasteiger partial charge >= 0.3 is 5.97 Å². The van der Waals surface area contributed by atoms with Crippen LogP contribution < -0.4 is 5.32 Å². The lowest BCUT2D eigenvalue weighted by molar-refractivity contribution is -0.151. The molecule has 0 fully saturated rings. The van der Waals surface area contributed by atoms with Crippen LogP contribution in [0, 0.1) is 3.57 Å². The summed E-state index contributed by atoms with van der Waals surface area (Å²) in [4.78, 5) is 12.1. The van der Waals surface area contributed by atoms with Crippen LogP contribution in [0.5, 0.6) is 0 Å². The number of nitrogens with zero attached hydrogens (tertiary/aromatic N) is 2. The number of aromatic nitrogens is 2. The molecular weight excluding hydrogens is 345 g/mol. The van der Waals surface area contributed by atoms with Gasteiger partial charge in [0.1, 0.15) is 5.54 Å². The monoisotopic (exact) mass is 365 g/mol. The van der Waals surface area contributed by atoms with Gasteiger partial charge in [0.05, 0.1) is 22.9 Å². The van der Waals surface area contributed by atoms with E-state index in [9.17, 15) is 4.79 Å². The fraction of sp³-hybridized carbons (Fsp3) is 0.667. The van der Waals surface area contributed by atoms with E-state index in [-0.39, 0.29) is 5.97 Å². The number of carbonyl (C=O) groups excluding carboxylic acids is 1. The zero-order valence-electron chi connectivity index (χ0n) is 11.1. The Hall–Kier alpha value is -0.630. The molecule has 0 radical (unpaired) electrons. The van der Waals surface area contributed by atoms with E-state index in [2.05, 4.69) is 39.9 Å². The van der Waals surface area contributed by atoms with Crippen LogP contribution in [0.25, 0.3) is 0 Å². The van der Waals surface area contributed by atoms with Gasteiger partial charge in [-0.3, -0.25) is 4.68 Å². The molecule has 1 aromatic heterocycles. The number of hydrogen-bond donors (Lipinski definition) is 1. The molecule has 0 saturated heterocycles. The van der Waals surface area contributed by atoms with E-state index in [1.54, 1.807) is 10.9 Å². The SMILES string of the molecule is CCCNC(C)(Cn1cc(I)cn1)C(=O)OCC. The van der Waals surface area contributed by atoms with E-state index >= 15 is 0 Å². The smallest absolute Gasteiger partial charge is 0.327 e. The molecular formula is C12H20IN3O2. The summed E-state index contributed by atoms with van der Waals surface area (Å²) < 4.78 is 7.95. The van der Waals surface area contributed by atoms with Gasteiger partial charge in [0.25, 0.3) is 0 Å². The van der Waals surface area contributed by atoms with E-state index in [0.29, 0.717) is 13.2 Å². The topological polar surface area (TPSA) is 56.2 Å². The summed E-state index contributed by atoms with van der Waals surface area (Å²) in [7, 11) is 0. The lowest BCUT2D eigenvalue weighted by Crippen LogP contribution is -2.53. The van der Waals surface area contributed by atoms with Crippen molar-refractivity contribution in [1.82, 2.24) is 15.1 Å². The van der Waals surface area contributed by atoms with Crippen molar-refractivity contribution in [3.8, 4) is 0 Å². The predicted octanol–water partition coefficient (Wildman–Crippen LogP) is 1.81. The van der Waals surface area contributed by atoms with Crippen LogP contribution in [-0.2, 0) is 16.1 Å². The van der Waals surface area contributed by atoms with Crippen LogP contribution in [-0.4, -0.2) is 34.4 Å². The summed E-state index contributed by atoms with van der Waals surface area (Å²) in [5.74, 6) is -0.232. The quantitative estimate of drug-likeness (QED) is 0.592. The molecule has 1 unspecified atom stereocenters. The third-order valence-corrected chi connectivity index (χ3v) is 3.13. The molecule has 0 aliphatic heterocycles. The average molecular weight is 365 g/mol. The largest absolute Gasteiger partial charge is 0.465 e. The molecule has 1 N–H and O–H groups in total. The van der Waals surface area contributed by atoms with E-state index in [1.165, 1.54) is 0 Å². The first-order chi connectivity index (χ1) is 8.51. The third-order valence-electron chi connectivity index (χ3n) is 2.57. The van der Waals surface area contributed by atoms with Crippen LogP contribution in [0.2, 0.25) is 0 Å². The first-order valence-corrected chi connectivity index (χ1v) is 7.20. The molecule has 1 rings (SSSR count). The Balaban J connectivity index is 2.79. The van der Waals surface area contributed by atoms with Crippen LogP contribution in [0.3, 0.4) is 0 Å². The van der Waals surface area contributed by atoms with Crippen LogP contribution >= 0.6 is 22.6 Å². The molecule has 0 bridgehead atoms. The first kappa shape index (κ1) is 15.4. The Morgan fingerprint density at radius 2 is 2.33 bits per heavy atom. The highest BCUT2D eigenvalue weighted by molar-refractivity contribution is 14.1. The molecule has 1 atom stereocenters. The maximum Gasteiger partial charge on any atom is 0.327 e. The van der Waals surface area contributed by atoms with Gasteiger partial charge < -0.3 is 10.1 Å². The molecule has 5 nitrogen and oxygen atoms in total. The highest BCUT2D eigenvalue weighted by atomic mass is 127. The van der Waals surface area contributed by atoms with E-state index in [4.69, 9.17) is 4.74 Å². The maximum absolute atomic E-state index is 12.1. The molecule has 0 amide bonds. The second-order valence-electron chi connectivity index (χ2n) is 4.34. The summed E-state index contributed by atoms with van der Waals surface area (Å²) in [5, 5.41) is 7.46. The van der Waals surface area contributed by atoms with Gasteiger partial charge in [-0.05, 0) is 49.4 Å². The van der Waals surface area contributed by atoms with Crippen molar-refractivity contribution in [1.29, 1.82) is 0 Å². The van der Waals surface area contributed by atoms with Crippen molar-refractivity contribution in [3.63, 3.8) is 0 Å². The summed E-state index contributed by atoms with van der Waals surface area (Å²) in [5.41, 5.74) is -0.735. The zero-order chi connectivity index (χ0) is 13.6. The summed E-state index contributed by atoms with van der Waals surface area (Å²) >= 11 is 2.19. The van der Waals surface area contributed by atoms with Crippen LogP contribution in [0.4, 0.5) is 0 Å². The van der Waals surface area contributed by atoms with E-state index in [0.717, 1.165) is 16.5 Å². The normalized spacial score (nSPS) is 14.2. The van der Waals surface area contributed by atoms with Gasteiger partial charge in [-0.15, -0.1) is 0 Å². The molecule has 1 aromatic rings. The summed E-state index contributed by atoms with van der Waals surface area (Å²) in [6.45, 7) is 7.36. The van der Waals surface area contributed by atoms with Crippen molar-refractivity contribution in [2.75, 3.05) is 13.2 Å². The Morgan fingerprint density at radius 1 is 1.61 bits per heavy atom. The van der Waals surface area contributed by atoms with Gasteiger partial charge in [-0.25, -0.2) is 4.79 Å². The lowest BCUT2D eigenvalue weighted by atomic mass is 10.0. The molecule has 1 heterocycles. The van der Waals surface area contributed by atoms with Gasteiger partial charge in [-0.2, -0.15) is 5.10 Å². The first-order valence-electron chi connectivity index (χ1n) is 6.12. The molecule has 0 aliphatic carbocycles. The number of nitrogens with one attached hydrogen (secondary N) is 1. The minimum absolute atomic E-state index is 0.232. The Labute approximate surface area is 121 Å². The number of halogens is 1. The van der Waals surface area contributed by atoms with Crippen molar-refractivity contribution in [2.24, 2.45) is 0 Å². The zero-order valence-corrected chi connectivity index (χ0v) is 13.2. The van der Waals surface area contributed by atoms with Crippen molar-refractivity contribution >= 4 is 28.6 Å². The minimum Gasteiger partial charge on any atom is -0.465 e. The number of ether oxygens (including phenoxy) is 1. The predicted molar refractivity (Wildman–Crippen MR) is 78.3 cm³/mol. The fourth-order valence-corrected chi connectivity index (χ4v) is 2.08. The Bertz CT molecular complexity index is 394. The molecule has 6 heteroatoms. The molecule has 18 heavy (non-hydrogen) atoms. The molecule has 102 valence electrons. The lowest BCUT2D eigenvalue weighted by Gasteiger charge is -2.28. The summed E-state index contributed by atoms with van der Waals surface area (Å²) in [6, 6.07) is 0. The Kier molecular flexibility index (Phi) is 6.07. The fourth-order valence-electron chi connectivity index (χ4n) is 1.63. The highest BCUT2D eigenvalue weighted by Gasteiger charge is 2.34. The summed E-state index contributed by atoms with van der Waals surface area (Å²) in [6.07, 6.45) is 4.64. The molecule has 0 spiro atoms. The van der Waals surface area contributed by atoms with Crippen molar-refractivity contribution in [2.45, 2.75) is 39.3 Å². The second-order valence-corrected chi connectivity index (χ2v) is 5.58. The van der Waals surface area contributed by atoms with Crippen molar-refractivity contribution < 1.29 is 9.53 Å².